The molecule has 8 heteroatoms. The fourth-order valence-corrected chi connectivity index (χ4v) is 3.44. The van der Waals surface area contributed by atoms with Gasteiger partial charge in [-0.3, -0.25) is 4.90 Å². The smallest absolute Gasteiger partial charge is 0.413 e. The Labute approximate surface area is 132 Å². The Hall–Kier alpha value is -2.87. The number of aromatic amines is 1. The van der Waals surface area contributed by atoms with Crippen LogP contribution in [0, 0.1) is 0 Å². The molecular formula is C15H13N3O4S. The molecule has 0 atom stereocenters. The summed E-state index contributed by atoms with van der Waals surface area (Å²) in [5, 5.41) is 8.96. The molecule has 7 nitrogen and oxygen atoms in total. The van der Waals surface area contributed by atoms with Crippen LogP contribution in [0.5, 0.6) is 0 Å². The van der Waals surface area contributed by atoms with Gasteiger partial charge >= 0.3 is 6.09 Å². The maximum atomic E-state index is 12.6. The number of nitrogens with one attached hydrogen (secondary N) is 1. The van der Waals surface area contributed by atoms with E-state index < -0.39 is 15.9 Å². The predicted molar refractivity (Wildman–Crippen MR) is 84.4 cm³/mol. The molecule has 2 aromatic carbocycles. The van der Waals surface area contributed by atoms with Crippen LogP contribution in [0.3, 0.4) is 0 Å². The van der Waals surface area contributed by atoms with Gasteiger partial charge in [-0.2, -0.15) is 0 Å². The molecule has 0 aliphatic rings. The number of benzene rings is 2. The van der Waals surface area contributed by atoms with Crippen LogP contribution >= 0.6 is 0 Å². The van der Waals surface area contributed by atoms with Crippen molar-refractivity contribution >= 4 is 32.9 Å². The molecule has 3 rings (SSSR count). The zero-order chi connectivity index (χ0) is 16.6. The largest absolute Gasteiger partial charge is 0.465 e. The molecule has 0 saturated carbocycles. The highest BCUT2D eigenvalue weighted by Crippen LogP contribution is 2.25. The van der Waals surface area contributed by atoms with Crippen LogP contribution in [-0.2, 0) is 9.84 Å². The number of amides is 1. The predicted octanol–water partition coefficient (Wildman–Crippen LogP) is 2.51. The summed E-state index contributed by atoms with van der Waals surface area (Å²) in [6.45, 7) is 0. The summed E-state index contributed by atoms with van der Waals surface area (Å²) >= 11 is 0. The van der Waals surface area contributed by atoms with E-state index in [0.717, 1.165) is 4.90 Å². The second kappa shape index (κ2) is 5.40. The molecule has 0 bridgehead atoms. The number of carboxylic acid groups (broad SMARTS) is 1. The molecule has 0 aliphatic heterocycles. The van der Waals surface area contributed by atoms with E-state index in [4.69, 9.17) is 5.11 Å². The molecule has 0 radical (unpaired) electrons. The van der Waals surface area contributed by atoms with Gasteiger partial charge in [-0.05, 0) is 30.3 Å². The SMILES string of the molecule is CN(C(=O)O)c1nc2ccc(S(=O)(=O)c3ccccc3)cc2[nH]1. The van der Waals surface area contributed by atoms with Gasteiger partial charge in [-0.25, -0.2) is 18.2 Å². The van der Waals surface area contributed by atoms with Crippen LogP contribution < -0.4 is 4.90 Å². The lowest BCUT2D eigenvalue weighted by Crippen LogP contribution is -2.24. The van der Waals surface area contributed by atoms with Crippen molar-refractivity contribution in [1.29, 1.82) is 0 Å². The minimum Gasteiger partial charge on any atom is -0.465 e. The van der Waals surface area contributed by atoms with E-state index >= 15 is 0 Å². The maximum absolute atomic E-state index is 12.6. The highest BCUT2D eigenvalue weighted by atomic mass is 32.2. The topological polar surface area (TPSA) is 103 Å². The Morgan fingerprint density at radius 2 is 1.83 bits per heavy atom. The average Bonchev–Trinajstić information content (AvgIpc) is 2.97. The zero-order valence-electron chi connectivity index (χ0n) is 12.1. The van der Waals surface area contributed by atoms with Crippen LogP contribution in [0.2, 0.25) is 0 Å². The molecule has 23 heavy (non-hydrogen) atoms. The molecule has 0 unspecified atom stereocenters. The highest BCUT2D eigenvalue weighted by Gasteiger charge is 2.19. The summed E-state index contributed by atoms with van der Waals surface area (Å²) in [5.74, 6) is 0.127. The molecule has 0 spiro atoms. The van der Waals surface area contributed by atoms with Crippen molar-refractivity contribution in [1.82, 2.24) is 9.97 Å². The number of sulfone groups is 1. The van der Waals surface area contributed by atoms with Crippen molar-refractivity contribution in [2.75, 3.05) is 11.9 Å². The van der Waals surface area contributed by atoms with Crippen molar-refractivity contribution in [3.63, 3.8) is 0 Å². The Kier molecular flexibility index (Phi) is 3.53. The standard InChI is InChI=1S/C15H13N3O4S/c1-18(15(19)20)14-16-12-8-7-11(9-13(12)17-14)23(21,22)10-5-3-2-4-6-10/h2-9H,1H3,(H,16,17)(H,19,20). The fourth-order valence-electron chi connectivity index (χ4n) is 2.13. The van der Waals surface area contributed by atoms with Crippen molar-refractivity contribution in [3.05, 3.63) is 48.5 Å². The number of hydrogen-bond donors (Lipinski definition) is 2. The van der Waals surface area contributed by atoms with Crippen LogP contribution in [0.25, 0.3) is 11.0 Å². The molecule has 1 aromatic heterocycles. The first kappa shape index (κ1) is 15.0. The summed E-state index contributed by atoms with van der Waals surface area (Å²) in [4.78, 5) is 19.1. The molecule has 2 N–H and O–H groups in total. The second-order valence-corrected chi connectivity index (χ2v) is 6.85. The van der Waals surface area contributed by atoms with Crippen molar-refractivity contribution in [2.45, 2.75) is 9.79 Å². The van der Waals surface area contributed by atoms with Crippen LogP contribution in [0.15, 0.2) is 58.3 Å². The van der Waals surface area contributed by atoms with E-state index in [-0.39, 0.29) is 15.7 Å². The Balaban J connectivity index is 2.09. The molecule has 0 fully saturated rings. The Morgan fingerprint density at radius 3 is 2.48 bits per heavy atom. The fraction of sp³-hybridized carbons (Fsp3) is 0.0667. The monoisotopic (exact) mass is 331 g/mol. The quantitative estimate of drug-likeness (QED) is 0.767. The molecular weight excluding hydrogens is 318 g/mol. The molecule has 118 valence electrons. The summed E-state index contributed by atoms with van der Waals surface area (Å²) in [5.41, 5.74) is 0.935. The third-order valence-corrected chi connectivity index (χ3v) is 5.18. The number of carbonyl (C=O) groups is 1. The van der Waals surface area contributed by atoms with E-state index in [9.17, 15) is 13.2 Å². The lowest BCUT2D eigenvalue weighted by molar-refractivity contribution is 0.203. The van der Waals surface area contributed by atoms with Crippen molar-refractivity contribution in [3.8, 4) is 0 Å². The lowest BCUT2D eigenvalue weighted by atomic mass is 10.3. The number of hydrogen-bond acceptors (Lipinski definition) is 4. The summed E-state index contributed by atoms with van der Waals surface area (Å²) in [6.07, 6.45) is -1.17. The van der Waals surface area contributed by atoms with E-state index in [1.54, 1.807) is 24.3 Å². The van der Waals surface area contributed by atoms with Gasteiger partial charge in [0.2, 0.25) is 15.8 Å². The highest BCUT2D eigenvalue weighted by molar-refractivity contribution is 7.91. The van der Waals surface area contributed by atoms with E-state index in [1.807, 2.05) is 0 Å². The van der Waals surface area contributed by atoms with Gasteiger partial charge < -0.3 is 10.1 Å². The molecule has 1 amide bonds. The number of rotatable bonds is 3. The third kappa shape index (κ3) is 2.64. The van der Waals surface area contributed by atoms with Gasteiger partial charge in [0.1, 0.15) is 0 Å². The number of fused-ring (bicyclic) bond motifs is 1. The molecule has 0 saturated heterocycles. The van der Waals surface area contributed by atoms with Crippen molar-refractivity contribution < 1.29 is 18.3 Å². The van der Waals surface area contributed by atoms with Gasteiger partial charge in [-0.15, -0.1) is 0 Å². The first-order valence-corrected chi connectivity index (χ1v) is 8.14. The minimum atomic E-state index is -3.64. The number of anilines is 1. The van der Waals surface area contributed by atoms with Gasteiger partial charge in [0.25, 0.3) is 0 Å². The minimum absolute atomic E-state index is 0.115. The van der Waals surface area contributed by atoms with Crippen LogP contribution in [0.4, 0.5) is 10.7 Å². The first-order chi connectivity index (χ1) is 10.9. The van der Waals surface area contributed by atoms with Gasteiger partial charge in [0.15, 0.2) is 0 Å². The Morgan fingerprint density at radius 1 is 1.13 bits per heavy atom. The molecule has 0 aliphatic carbocycles. The third-order valence-electron chi connectivity index (χ3n) is 3.41. The summed E-state index contributed by atoms with van der Waals surface area (Å²) in [6, 6.07) is 12.5. The number of nitrogens with zero attached hydrogens (tertiary/aromatic N) is 2. The number of imidazole rings is 1. The zero-order valence-corrected chi connectivity index (χ0v) is 12.9. The molecule has 3 aromatic rings. The summed E-state index contributed by atoms with van der Waals surface area (Å²) < 4.78 is 25.2. The first-order valence-electron chi connectivity index (χ1n) is 6.66. The average molecular weight is 331 g/mol. The van der Waals surface area contributed by atoms with Crippen LogP contribution in [-0.4, -0.2) is 36.6 Å². The number of aromatic nitrogens is 2. The van der Waals surface area contributed by atoms with Gasteiger partial charge in [-0.1, -0.05) is 18.2 Å². The van der Waals surface area contributed by atoms with Gasteiger partial charge in [0, 0.05) is 7.05 Å². The second-order valence-electron chi connectivity index (χ2n) is 4.90. The van der Waals surface area contributed by atoms with E-state index in [2.05, 4.69) is 9.97 Å². The van der Waals surface area contributed by atoms with Crippen molar-refractivity contribution in [2.24, 2.45) is 0 Å². The lowest BCUT2D eigenvalue weighted by Gasteiger charge is -2.07. The number of H-pyrrole nitrogens is 1. The normalized spacial score (nSPS) is 11.5. The van der Waals surface area contributed by atoms with Crippen LogP contribution in [0.1, 0.15) is 0 Å². The molecule has 1 heterocycles. The van der Waals surface area contributed by atoms with E-state index in [1.165, 1.54) is 31.3 Å². The Bertz CT molecular complexity index is 980. The maximum Gasteiger partial charge on any atom is 0.413 e. The summed E-state index contributed by atoms with van der Waals surface area (Å²) in [7, 11) is -2.29. The van der Waals surface area contributed by atoms with E-state index in [0.29, 0.717) is 11.0 Å². The van der Waals surface area contributed by atoms with Gasteiger partial charge in [0.05, 0.1) is 20.8 Å².